The molecule has 1 aromatic heterocycles. The summed E-state index contributed by atoms with van der Waals surface area (Å²) in [6, 6.07) is 7.49. The molecule has 2 rings (SSSR count). The molecule has 0 amide bonds. The summed E-state index contributed by atoms with van der Waals surface area (Å²) in [7, 11) is 0. The molecule has 5 nitrogen and oxygen atoms in total. The van der Waals surface area contributed by atoms with Crippen molar-refractivity contribution >= 4 is 21.7 Å². The molecule has 0 fully saturated rings. The Morgan fingerprint density at radius 3 is 2.59 bits per heavy atom. The van der Waals surface area contributed by atoms with E-state index in [1.165, 1.54) is 6.33 Å². The number of hydrazine groups is 1. The van der Waals surface area contributed by atoms with Crippen molar-refractivity contribution in [2.75, 3.05) is 5.43 Å². The van der Waals surface area contributed by atoms with E-state index < -0.39 is 0 Å². The SMILES string of the molecule is Cc1c(NN)ncnc1Oc1ccc(Br)cc1. The monoisotopic (exact) mass is 294 g/mol. The molecule has 1 heterocycles. The molecule has 0 saturated heterocycles. The van der Waals surface area contributed by atoms with Crippen molar-refractivity contribution in [1.29, 1.82) is 0 Å². The Kier molecular flexibility index (Phi) is 3.55. The molecule has 0 saturated carbocycles. The van der Waals surface area contributed by atoms with Crippen molar-refractivity contribution in [2.45, 2.75) is 6.92 Å². The molecule has 2 aromatic rings. The molecule has 0 radical (unpaired) electrons. The zero-order valence-electron chi connectivity index (χ0n) is 9.14. The average molecular weight is 295 g/mol. The van der Waals surface area contributed by atoms with Gasteiger partial charge < -0.3 is 10.2 Å². The van der Waals surface area contributed by atoms with E-state index in [0.717, 1.165) is 10.0 Å². The third-order valence-electron chi connectivity index (χ3n) is 2.20. The third-order valence-corrected chi connectivity index (χ3v) is 2.73. The van der Waals surface area contributed by atoms with Crippen LogP contribution in [-0.4, -0.2) is 9.97 Å². The highest BCUT2D eigenvalue weighted by atomic mass is 79.9. The Labute approximate surface area is 107 Å². The summed E-state index contributed by atoms with van der Waals surface area (Å²) in [5, 5.41) is 0. The van der Waals surface area contributed by atoms with E-state index in [9.17, 15) is 0 Å². The first-order valence-electron chi connectivity index (χ1n) is 4.92. The molecule has 0 aliphatic heterocycles. The summed E-state index contributed by atoms with van der Waals surface area (Å²) >= 11 is 3.36. The first-order chi connectivity index (χ1) is 8.20. The van der Waals surface area contributed by atoms with Gasteiger partial charge in [-0.2, -0.15) is 0 Å². The van der Waals surface area contributed by atoms with Crippen molar-refractivity contribution in [3.8, 4) is 11.6 Å². The van der Waals surface area contributed by atoms with Crippen LogP contribution in [0.25, 0.3) is 0 Å². The second-order valence-corrected chi connectivity index (χ2v) is 4.27. The number of halogens is 1. The van der Waals surface area contributed by atoms with Crippen LogP contribution in [0, 0.1) is 6.92 Å². The number of nitrogens with two attached hydrogens (primary N) is 1. The molecule has 6 heteroatoms. The summed E-state index contributed by atoms with van der Waals surface area (Å²) in [4.78, 5) is 8.04. The predicted octanol–water partition coefficient (Wildman–Crippen LogP) is 2.63. The standard InChI is InChI=1S/C11H11BrN4O/c1-7-10(16-13)14-6-15-11(7)17-9-4-2-8(12)3-5-9/h2-6H,13H2,1H3,(H,14,15,16). The van der Waals surface area contributed by atoms with Crippen molar-refractivity contribution in [3.63, 3.8) is 0 Å². The van der Waals surface area contributed by atoms with Gasteiger partial charge in [-0.25, -0.2) is 15.8 Å². The second-order valence-electron chi connectivity index (χ2n) is 3.35. The first-order valence-corrected chi connectivity index (χ1v) is 5.71. The maximum Gasteiger partial charge on any atom is 0.227 e. The van der Waals surface area contributed by atoms with Crippen molar-refractivity contribution in [1.82, 2.24) is 9.97 Å². The quantitative estimate of drug-likeness (QED) is 0.672. The van der Waals surface area contributed by atoms with Gasteiger partial charge in [0.15, 0.2) is 0 Å². The van der Waals surface area contributed by atoms with Crippen molar-refractivity contribution in [3.05, 3.63) is 40.6 Å². The lowest BCUT2D eigenvalue weighted by molar-refractivity contribution is 0.457. The lowest BCUT2D eigenvalue weighted by atomic mass is 10.3. The van der Waals surface area contributed by atoms with E-state index in [2.05, 4.69) is 31.3 Å². The Morgan fingerprint density at radius 1 is 1.24 bits per heavy atom. The van der Waals surface area contributed by atoms with E-state index in [4.69, 9.17) is 10.6 Å². The second kappa shape index (κ2) is 5.11. The number of hydrogen-bond acceptors (Lipinski definition) is 5. The van der Waals surface area contributed by atoms with Gasteiger partial charge in [0.25, 0.3) is 0 Å². The summed E-state index contributed by atoms with van der Waals surface area (Å²) in [5.74, 6) is 7.07. The van der Waals surface area contributed by atoms with Gasteiger partial charge in [0.1, 0.15) is 17.9 Å². The molecule has 0 aliphatic carbocycles. The summed E-state index contributed by atoms with van der Waals surface area (Å²) in [5.41, 5.74) is 3.25. The summed E-state index contributed by atoms with van der Waals surface area (Å²) in [6.45, 7) is 1.84. The van der Waals surface area contributed by atoms with Crippen LogP contribution in [-0.2, 0) is 0 Å². The highest BCUT2D eigenvalue weighted by Gasteiger charge is 2.07. The minimum Gasteiger partial charge on any atom is -0.439 e. The smallest absolute Gasteiger partial charge is 0.227 e. The molecule has 3 N–H and O–H groups in total. The lowest BCUT2D eigenvalue weighted by Gasteiger charge is -2.09. The molecular weight excluding hydrogens is 284 g/mol. The molecule has 88 valence electrons. The van der Waals surface area contributed by atoms with Crippen LogP contribution in [0.15, 0.2) is 35.1 Å². The Bertz CT molecular complexity index is 515. The van der Waals surface area contributed by atoms with Gasteiger partial charge in [0, 0.05) is 4.47 Å². The van der Waals surface area contributed by atoms with Gasteiger partial charge in [-0.15, -0.1) is 0 Å². The minimum atomic E-state index is 0.482. The molecule has 0 atom stereocenters. The molecule has 1 aromatic carbocycles. The maximum atomic E-state index is 5.64. The van der Waals surface area contributed by atoms with Gasteiger partial charge in [-0.05, 0) is 31.2 Å². The number of nitrogens with zero attached hydrogens (tertiary/aromatic N) is 2. The van der Waals surface area contributed by atoms with Crippen LogP contribution in [0.2, 0.25) is 0 Å². The number of benzene rings is 1. The zero-order valence-corrected chi connectivity index (χ0v) is 10.7. The van der Waals surface area contributed by atoms with Gasteiger partial charge in [0.05, 0.1) is 5.56 Å². The van der Waals surface area contributed by atoms with Crippen LogP contribution in [0.1, 0.15) is 5.56 Å². The largest absolute Gasteiger partial charge is 0.439 e. The topological polar surface area (TPSA) is 73.1 Å². The van der Waals surface area contributed by atoms with Crippen LogP contribution in [0.3, 0.4) is 0 Å². The Morgan fingerprint density at radius 2 is 1.94 bits per heavy atom. The van der Waals surface area contributed by atoms with Crippen LogP contribution >= 0.6 is 15.9 Å². The average Bonchev–Trinajstić information content (AvgIpc) is 2.35. The van der Waals surface area contributed by atoms with Gasteiger partial charge in [-0.1, -0.05) is 15.9 Å². The number of ether oxygens (including phenoxy) is 1. The molecule has 0 aliphatic rings. The number of nitrogens with one attached hydrogen (secondary N) is 1. The summed E-state index contributed by atoms with van der Waals surface area (Å²) < 4.78 is 6.63. The number of hydrogen-bond donors (Lipinski definition) is 2. The van der Waals surface area contributed by atoms with E-state index in [-0.39, 0.29) is 0 Å². The van der Waals surface area contributed by atoms with Gasteiger partial charge in [-0.3, -0.25) is 0 Å². The number of anilines is 1. The maximum absolute atomic E-state index is 5.64. The molecular formula is C11H11BrN4O. The number of rotatable bonds is 3. The fourth-order valence-corrected chi connectivity index (χ4v) is 1.56. The highest BCUT2D eigenvalue weighted by molar-refractivity contribution is 9.10. The lowest BCUT2D eigenvalue weighted by Crippen LogP contribution is -2.10. The molecule has 17 heavy (non-hydrogen) atoms. The highest BCUT2D eigenvalue weighted by Crippen LogP contribution is 2.26. The van der Waals surface area contributed by atoms with Gasteiger partial charge >= 0.3 is 0 Å². The van der Waals surface area contributed by atoms with Crippen LogP contribution < -0.4 is 16.0 Å². The fraction of sp³-hybridized carbons (Fsp3) is 0.0909. The Hall–Kier alpha value is -1.66. The fourth-order valence-electron chi connectivity index (χ4n) is 1.30. The predicted molar refractivity (Wildman–Crippen MR) is 68.8 cm³/mol. The number of nitrogen functional groups attached to an aromatic ring is 1. The molecule has 0 unspecified atom stereocenters. The van der Waals surface area contributed by atoms with E-state index in [1.54, 1.807) is 0 Å². The zero-order chi connectivity index (χ0) is 12.3. The summed E-state index contributed by atoms with van der Waals surface area (Å²) in [6.07, 6.45) is 1.40. The van der Waals surface area contributed by atoms with E-state index in [1.807, 2.05) is 31.2 Å². The molecule has 0 bridgehead atoms. The number of aromatic nitrogens is 2. The Balaban J connectivity index is 2.27. The van der Waals surface area contributed by atoms with Crippen molar-refractivity contribution in [2.24, 2.45) is 5.84 Å². The van der Waals surface area contributed by atoms with E-state index in [0.29, 0.717) is 17.4 Å². The van der Waals surface area contributed by atoms with Crippen molar-refractivity contribution < 1.29 is 4.74 Å². The van der Waals surface area contributed by atoms with Crippen LogP contribution in [0.4, 0.5) is 5.82 Å². The van der Waals surface area contributed by atoms with Crippen LogP contribution in [0.5, 0.6) is 11.6 Å². The third kappa shape index (κ3) is 2.72. The first kappa shape index (κ1) is 11.8. The van der Waals surface area contributed by atoms with Gasteiger partial charge in [0.2, 0.25) is 5.88 Å². The molecule has 0 spiro atoms. The normalized spacial score (nSPS) is 10.1. The minimum absolute atomic E-state index is 0.482. The van der Waals surface area contributed by atoms with E-state index >= 15 is 0 Å².